The van der Waals surface area contributed by atoms with Crippen LogP contribution in [0, 0.1) is 0 Å². The van der Waals surface area contributed by atoms with Gasteiger partial charge >= 0.3 is 5.69 Å². The third-order valence-corrected chi connectivity index (χ3v) is 3.04. The summed E-state index contributed by atoms with van der Waals surface area (Å²) in [6.45, 7) is 0. The molecule has 0 radical (unpaired) electrons. The molecule has 1 heterocycles. The second-order valence-electron chi connectivity index (χ2n) is 4.28. The summed E-state index contributed by atoms with van der Waals surface area (Å²) in [6.07, 6.45) is 0. The Labute approximate surface area is 113 Å². The van der Waals surface area contributed by atoms with Crippen molar-refractivity contribution in [2.75, 3.05) is 0 Å². The monoisotopic (exact) mass is 266 g/mol. The Balaban J connectivity index is 2.35. The lowest BCUT2D eigenvalue weighted by Crippen LogP contribution is -2.34. The van der Waals surface area contributed by atoms with Crippen LogP contribution in [0.3, 0.4) is 0 Å². The second kappa shape index (κ2) is 4.62. The van der Waals surface area contributed by atoms with Crippen molar-refractivity contribution in [1.82, 2.24) is 9.55 Å². The van der Waals surface area contributed by atoms with Crippen molar-refractivity contribution >= 4 is 16.8 Å². The Morgan fingerprint density at radius 3 is 2.30 bits per heavy atom. The zero-order valence-corrected chi connectivity index (χ0v) is 10.4. The third kappa shape index (κ3) is 1.85. The van der Waals surface area contributed by atoms with E-state index in [-0.39, 0.29) is 0 Å². The fourth-order valence-corrected chi connectivity index (χ4v) is 2.10. The molecule has 0 unspecified atom stereocenters. The van der Waals surface area contributed by atoms with E-state index in [1.807, 2.05) is 0 Å². The molecule has 20 heavy (non-hydrogen) atoms. The fourth-order valence-electron chi connectivity index (χ4n) is 2.10. The van der Waals surface area contributed by atoms with Crippen molar-refractivity contribution in [2.45, 2.75) is 0 Å². The summed E-state index contributed by atoms with van der Waals surface area (Å²) in [5.41, 5.74) is -0.549. The number of nitrogens with zero attached hydrogens (tertiary/aromatic N) is 1. The van der Waals surface area contributed by atoms with Crippen LogP contribution in [0.2, 0.25) is 0 Å². The number of aromatic amines is 1. The summed E-state index contributed by atoms with van der Waals surface area (Å²) in [4.78, 5) is 38.3. The van der Waals surface area contributed by atoms with Gasteiger partial charge < -0.3 is 0 Å². The van der Waals surface area contributed by atoms with Gasteiger partial charge in [0.1, 0.15) is 0 Å². The maximum absolute atomic E-state index is 12.4. The molecule has 1 aromatic heterocycles. The lowest BCUT2D eigenvalue weighted by Gasteiger charge is -2.07. The van der Waals surface area contributed by atoms with E-state index in [9.17, 15) is 14.4 Å². The molecule has 0 atom stereocenters. The molecule has 0 amide bonds. The molecule has 0 fully saturated rings. The van der Waals surface area contributed by atoms with Gasteiger partial charge in [-0.05, 0) is 24.3 Å². The third-order valence-electron chi connectivity index (χ3n) is 3.04. The van der Waals surface area contributed by atoms with Crippen LogP contribution in [0.1, 0.15) is 10.4 Å². The molecule has 5 heteroatoms. The standard InChI is InChI=1S/C15H10N2O3/c18-13-11-8-4-5-9-12(11)17(15(20)16-13)14(19)10-6-2-1-3-7-10/h1-9H,(H,16,18,20). The largest absolute Gasteiger partial charge is 0.335 e. The van der Waals surface area contributed by atoms with Crippen LogP contribution >= 0.6 is 0 Å². The highest BCUT2D eigenvalue weighted by Gasteiger charge is 2.14. The van der Waals surface area contributed by atoms with E-state index >= 15 is 0 Å². The van der Waals surface area contributed by atoms with E-state index in [4.69, 9.17) is 0 Å². The van der Waals surface area contributed by atoms with Crippen molar-refractivity contribution in [3.63, 3.8) is 0 Å². The van der Waals surface area contributed by atoms with Crippen molar-refractivity contribution in [3.8, 4) is 0 Å². The predicted molar refractivity (Wildman–Crippen MR) is 75.0 cm³/mol. The van der Waals surface area contributed by atoms with Crippen LogP contribution in [0.5, 0.6) is 0 Å². The van der Waals surface area contributed by atoms with Gasteiger partial charge in [-0.1, -0.05) is 30.3 Å². The molecule has 0 aliphatic rings. The first-order chi connectivity index (χ1) is 9.68. The van der Waals surface area contributed by atoms with Gasteiger partial charge in [-0.25, -0.2) is 9.36 Å². The Morgan fingerprint density at radius 2 is 1.55 bits per heavy atom. The summed E-state index contributed by atoms with van der Waals surface area (Å²) in [6, 6.07) is 15.0. The average molecular weight is 266 g/mol. The molecular weight excluding hydrogens is 256 g/mol. The van der Waals surface area contributed by atoms with Crippen molar-refractivity contribution in [1.29, 1.82) is 0 Å². The first-order valence-corrected chi connectivity index (χ1v) is 6.02. The molecule has 3 rings (SSSR count). The van der Waals surface area contributed by atoms with E-state index in [1.54, 1.807) is 54.6 Å². The van der Waals surface area contributed by atoms with E-state index in [0.717, 1.165) is 4.57 Å². The normalized spacial score (nSPS) is 10.6. The van der Waals surface area contributed by atoms with E-state index in [1.165, 1.54) is 0 Å². The second-order valence-corrected chi connectivity index (χ2v) is 4.28. The number of nitrogens with one attached hydrogen (secondary N) is 1. The van der Waals surface area contributed by atoms with Gasteiger partial charge in [0.25, 0.3) is 11.5 Å². The van der Waals surface area contributed by atoms with Crippen LogP contribution in [-0.2, 0) is 0 Å². The van der Waals surface area contributed by atoms with Gasteiger partial charge in [-0.3, -0.25) is 14.6 Å². The Bertz CT molecular complexity index is 908. The van der Waals surface area contributed by atoms with Gasteiger partial charge in [-0.2, -0.15) is 0 Å². The lowest BCUT2D eigenvalue weighted by atomic mass is 10.2. The van der Waals surface area contributed by atoms with Crippen LogP contribution < -0.4 is 11.2 Å². The predicted octanol–water partition coefficient (Wildman–Crippen LogP) is 1.38. The highest BCUT2D eigenvalue weighted by molar-refractivity contribution is 6.00. The number of carbonyl (C=O) groups excluding carboxylic acids is 1. The van der Waals surface area contributed by atoms with Crippen LogP contribution in [0.4, 0.5) is 0 Å². The van der Waals surface area contributed by atoms with Gasteiger partial charge in [-0.15, -0.1) is 0 Å². The number of carbonyl (C=O) groups is 1. The van der Waals surface area contributed by atoms with Gasteiger partial charge in [0.05, 0.1) is 10.9 Å². The zero-order chi connectivity index (χ0) is 14.1. The number of hydrogen-bond donors (Lipinski definition) is 1. The zero-order valence-electron chi connectivity index (χ0n) is 10.4. The molecule has 0 bridgehead atoms. The molecule has 0 saturated heterocycles. The molecule has 98 valence electrons. The number of hydrogen-bond acceptors (Lipinski definition) is 3. The summed E-state index contributed by atoms with van der Waals surface area (Å²) in [5.74, 6) is -0.469. The maximum atomic E-state index is 12.4. The quantitative estimate of drug-likeness (QED) is 0.723. The van der Waals surface area contributed by atoms with Crippen LogP contribution in [-0.4, -0.2) is 15.5 Å². The highest BCUT2D eigenvalue weighted by Crippen LogP contribution is 2.09. The molecule has 2 aromatic carbocycles. The number of rotatable bonds is 1. The molecule has 0 aliphatic heterocycles. The number of fused-ring (bicyclic) bond motifs is 1. The summed E-state index contributed by atoms with van der Waals surface area (Å²) >= 11 is 0. The molecule has 1 N–H and O–H groups in total. The van der Waals surface area contributed by atoms with Crippen LogP contribution in [0.15, 0.2) is 64.2 Å². The molecule has 0 saturated carbocycles. The fraction of sp³-hybridized carbons (Fsp3) is 0. The van der Waals surface area contributed by atoms with Crippen molar-refractivity contribution in [3.05, 3.63) is 81.0 Å². The minimum Gasteiger partial charge on any atom is -0.273 e. The van der Waals surface area contributed by atoms with Crippen molar-refractivity contribution in [2.24, 2.45) is 0 Å². The summed E-state index contributed by atoms with van der Waals surface area (Å²) in [7, 11) is 0. The number of aromatic nitrogens is 2. The number of benzene rings is 2. The Kier molecular flexibility index (Phi) is 2.80. The van der Waals surface area contributed by atoms with Crippen molar-refractivity contribution < 1.29 is 4.79 Å². The minimum atomic E-state index is -0.734. The van der Waals surface area contributed by atoms with E-state index < -0.39 is 17.2 Å². The average Bonchev–Trinajstić information content (AvgIpc) is 2.48. The topological polar surface area (TPSA) is 71.9 Å². The number of H-pyrrole nitrogens is 1. The van der Waals surface area contributed by atoms with Gasteiger partial charge in [0.15, 0.2) is 0 Å². The summed E-state index contributed by atoms with van der Waals surface area (Å²) in [5, 5.41) is 0.302. The molecule has 3 aromatic rings. The smallest absolute Gasteiger partial charge is 0.273 e. The van der Waals surface area contributed by atoms with Gasteiger partial charge in [0, 0.05) is 5.56 Å². The Morgan fingerprint density at radius 1 is 0.900 bits per heavy atom. The molecule has 5 nitrogen and oxygen atoms in total. The lowest BCUT2D eigenvalue weighted by molar-refractivity contribution is 0.0959. The first-order valence-electron chi connectivity index (χ1n) is 6.02. The molecule has 0 aliphatic carbocycles. The molecular formula is C15H10N2O3. The summed E-state index contributed by atoms with van der Waals surface area (Å²) < 4.78 is 0.978. The maximum Gasteiger partial charge on any atom is 0.335 e. The first kappa shape index (κ1) is 12.1. The highest BCUT2D eigenvalue weighted by atomic mass is 16.2. The van der Waals surface area contributed by atoms with E-state index in [2.05, 4.69) is 4.98 Å². The minimum absolute atomic E-state index is 0.301. The van der Waals surface area contributed by atoms with Gasteiger partial charge in [0.2, 0.25) is 0 Å². The number of para-hydroxylation sites is 1. The van der Waals surface area contributed by atoms with Crippen LogP contribution in [0.25, 0.3) is 10.9 Å². The SMILES string of the molecule is O=C(c1ccccc1)n1c(=O)[nH]c(=O)c2ccccc21. The molecule has 0 spiro atoms. The Hall–Kier alpha value is -2.95. The van der Waals surface area contributed by atoms with E-state index in [0.29, 0.717) is 16.5 Å².